The second-order valence-electron chi connectivity index (χ2n) is 5.53. The number of anilines is 1. The van der Waals surface area contributed by atoms with E-state index in [0.29, 0.717) is 19.8 Å². The van der Waals surface area contributed by atoms with Crippen LogP contribution in [0.5, 0.6) is 0 Å². The number of rotatable bonds is 4. The number of halogens is 2. The van der Waals surface area contributed by atoms with Gasteiger partial charge in [0.25, 0.3) is 0 Å². The molecule has 1 atom stereocenters. The van der Waals surface area contributed by atoms with Gasteiger partial charge in [-0.3, -0.25) is 4.79 Å². The normalized spacial score (nSPS) is 20.5. The van der Waals surface area contributed by atoms with Crippen LogP contribution in [0.25, 0.3) is 0 Å². The molecule has 2 heterocycles. The molecule has 0 radical (unpaired) electrons. The highest BCUT2D eigenvalue weighted by Crippen LogP contribution is 2.21. The summed E-state index contributed by atoms with van der Waals surface area (Å²) in [7, 11) is 0. The minimum Gasteiger partial charge on any atom is -0.378 e. The van der Waals surface area contributed by atoms with E-state index < -0.39 is 0 Å². The molecule has 3 rings (SSSR count). The quantitative estimate of drug-likeness (QED) is 0.818. The van der Waals surface area contributed by atoms with Crippen molar-refractivity contribution in [2.75, 3.05) is 51.0 Å². The van der Waals surface area contributed by atoms with Crippen LogP contribution < -0.4 is 15.5 Å². The molecule has 8 heteroatoms. The number of para-hydroxylation sites is 1. The Morgan fingerprint density at radius 2 is 1.92 bits per heavy atom. The summed E-state index contributed by atoms with van der Waals surface area (Å²) in [6.07, 6.45) is 0. The number of nitrogens with zero attached hydrogens (tertiary/aromatic N) is 1. The fourth-order valence-electron chi connectivity index (χ4n) is 2.81. The molecule has 0 aliphatic carbocycles. The maximum atomic E-state index is 12.2. The van der Waals surface area contributed by atoms with Gasteiger partial charge in [0.15, 0.2) is 0 Å². The van der Waals surface area contributed by atoms with Gasteiger partial charge < -0.3 is 25.0 Å². The summed E-state index contributed by atoms with van der Waals surface area (Å²) in [4.78, 5) is 14.5. The van der Waals surface area contributed by atoms with Crippen molar-refractivity contribution in [1.29, 1.82) is 0 Å². The van der Waals surface area contributed by atoms with Crippen molar-refractivity contribution in [3.8, 4) is 0 Å². The molecule has 2 fully saturated rings. The first-order valence-electron chi connectivity index (χ1n) is 7.84. The Kier molecular flexibility index (Phi) is 9.39. The minimum atomic E-state index is -0.246. The Labute approximate surface area is 155 Å². The first-order valence-corrected chi connectivity index (χ1v) is 7.84. The summed E-state index contributed by atoms with van der Waals surface area (Å²) >= 11 is 0. The molecule has 136 valence electrons. The topological polar surface area (TPSA) is 62.8 Å². The standard InChI is InChI=1S/C16H23N3O3.2ClH/c20-16(14-12-22-8-5-17-14)18-11-13-3-1-2-4-15(13)19-6-9-21-10-7-19;;/h1-4,14,17H,5-12H2,(H,18,20);2*1H. The predicted octanol–water partition coefficient (Wildman–Crippen LogP) is 0.971. The summed E-state index contributed by atoms with van der Waals surface area (Å²) in [6.45, 7) is 5.66. The van der Waals surface area contributed by atoms with Crippen LogP contribution in [0.4, 0.5) is 5.69 Å². The fraction of sp³-hybridized carbons (Fsp3) is 0.562. The zero-order valence-corrected chi connectivity index (χ0v) is 15.2. The van der Waals surface area contributed by atoms with Crippen LogP contribution in [-0.2, 0) is 20.8 Å². The number of amides is 1. The molecular formula is C16H25Cl2N3O3. The van der Waals surface area contributed by atoms with Gasteiger partial charge in [0.1, 0.15) is 6.04 Å². The van der Waals surface area contributed by atoms with Crippen molar-refractivity contribution >= 4 is 36.4 Å². The number of ether oxygens (including phenoxy) is 2. The molecule has 2 aliphatic rings. The third-order valence-corrected chi connectivity index (χ3v) is 4.03. The van der Waals surface area contributed by atoms with Gasteiger partial charge in [0.05, 0.1) is 26.4 Å². The number of nitrogens with one attached hydrogen (secondary N) is 2. The molecule has 0 spiro atoms. The zero-order chi connectivity index (χ0) is 15.2. The Bertz CT molecular complexity index is 507. The third-order valence-electron chi connectivity index (χ3n) is 4.03. The van der Waals surface area contributed by atoms with Crippen LogP contribution in [0.3, 0.4) is 0 Å². The van der Waals surface area contributed by atoms with Gasteiger partial charge in [-0.15, -0.1) is 24.8 Å². The van der Waals surface area contributed by atoms with Crippen LogP contribution in [-0.4, -0.2) is 58.0 Å². The summed E-state index contributed by atoms with van der Waals surface area (Å²) < 4.78 is 10.7. The second-order valence-corrected chi connectivity index (χ2v) is 5.53. The Hall–Kier alpha value is -1.05. The number of morpholine rings is 2. The van der Waals surface area contributed by atoms with Gasteiger partial charge in [0, 0.05) is 31.9 Å². The van der Waals surface area contributed by atoms with Crippen LogP contribution >= 0.6 is 24.8 Å². The first-order chi connectivity index (χ1) is 10.8. The van der Waals surface area contributed by atoms with Crippen molar-refractivity contribution in [1.82, 2.24) is 10.6 Å². The average Bonchev–Trinajstić information content (AvgIpc) is 2.61. The van der Waals surface area contributed by atoms with Crippen molar-refractivity contribution in [3.05, 3.63) is 29.8 Å². The minimum absolute atomic E-state index is 0. The molecule has 24 heavy (non-hydrogen) atoms. The predicted molar refractivity (Wildman–Crippen MR) is 98.4 cm³/mol. The van der Waals surface area contributed by atoms with E-state index in [2.05, 4.69) is 27.7 Å². The average molecular weight is 378 g/mol. The number of hydrogen-bond donors (Lipinski definition) is 2. The number of carbonyl (C=O) groups is 1. The lowest BCUT2D eigenvalue weighted by Crippen LogP contribution is -2.51. The van der Waals surface area contributed by atoms with Gasteiger partial charge in [-0.2, -0.15) is 0 Å². The monoisotopic (exact) mass is 377 g/mol. The van der Waals surface area contributed by atoms with Gasteiger partial charge in [-0.05, 0) is 11.6 Å². The van der Waals surface area contributed by atoms with E-state index in [1.807, 2.05) is 12.1 Å². The summed E-state index contributed by atoms with van der Waals surface area (Å²) in [6, 6.07) is 7.97. The van der Waals surface area contributed by atoms with Crippen LogP contribution in [0.2, 0.25) is 0 Å². The van der Waals surface area contributed by atoms with Crippen LogP contribution in [0.1, 0.15) is 5.56 Å². The summed E-state index contributed by atoms with van der Waals surface area (Å²) in [5.41, 5.74) is 2.31. The van der Waals surface area contributed by atoms with E-state index in [-0.39, 0.29) is 36.8 Å². The Morgan fingerprint density at radius 3 is 2.62 bits per heavy atom. The Balaban J connectivity index is 0.00000144. The smallest absolute Gasteiger partial charge is 0.239 e. The second kappa shape index (κ2) is 10.7. The lowest BCUT2D eigenvalue weighted by atomic mass is 10.1. The molecule has 0 saturated carbocycles. The van der Waals surface area contributed by atoms with Gasteiger partial charge in [-0.25, -0.2) is 0 Å². The molecule has 2 aliphatic heterocycles. The largest absolute Gasteiger partial charge is 0.378 e. The highest BCUT2D eigenvalue weighted by Gasteiger charge is 2.21. The van der Waals surface area contributed by atoms with E-state index in [4.69, 9.17) is 9.47 Å². The first kappa shape index (κ1) is 21.0. The SMILES string of the molecule is Cl.Cl.O=C(NCc1ccccc1N1CCOCC1)C1COCCN1. The third kappa shape index (κ3) is 5.50. The maximum absolute atomic E-state index is 12.2. The molecule has 6 nitrogen and oxygen atoms in total. The molecule has 2 N–H and O–H groups in total. The van der Waals surface area contributed by atoms with Crippen molar-refractivity contribution < 1.29 is 14.3 Å². The van der Waals surface area contributed by atoms with Gasteiger partial charge in [0.2, 0.25) is 5.91 Å². The molecule has 1 aromatic carbocycles. The highest BCUT2D eigenvalue weighted by molar-refractivity contribution is 5.85. The van der Waals surface area contributed by atoms with E-state index in [0.717, 1.165) is 38.4 Å². The summed E-state index contributed by atoms with van der Waals surface area (Å²) in [5.74, 6) is -0.00326. The van der Waals surface area contributed by atoms with Gasteiger partial charge >= 0.3 is 0 Å². The van der Waals surface area contributed by atoms with Gasteiger partial charge in [-0.1, -0.05) is 18.2 Å². The fourth-order valence-corrected chi connectivity index (χ4v) is 2.81. The lowest BCUT2D eigenvalue weighted by molar-refractivity contribution is -0.126. The molecular weight excluding hydrogens is 353 g/mol. The Morgan fingerprint density at radius 1 is 1.17 bits per heavy atom. The molecule has 2 saturated heterocycles. The maximum Gasteiger partial charge on any atom is 0.239 e. The zero-order valence-electron chi connectivity index (χ0n) is 13.5. The highest BCUT2D eigenvalue weighted by atomic mass is 35.5. The molecule has 0 bridgehead atoms. The molecule has 1 aromatic rings. The van der Waals surface area contributed by atoms with Crippen LogP contribution in [0, 0.1) is 0 Å². The lowest BCUT2D eigenvalue weighted by Gasteiger charge is -2.31. The number of hydrogen-bond acceptors (Lipinski definition) is 5. The molecule has 1 amide bonds. The van der Waals surface area contributed by atoms with Crippen molar-refractivity contribution in [3.63, 3.8) is 0 Å². The summed E-state index contributed by atoms with van der Waals surface area (Å²) in [5, 5.41) is 6.18. The number of benzene rings is 1. The van der Waals surface area contributed by atoms with E-state index >= 15 is 0 Å². The van der Waals surface area contributed by atoms with E-state index in [1.54, 1.807) is 0 Å². The van der Waals surface area contributed by atoms with Crippen molar-refractivity contribution in [2.45, 2.75) is 12.6 Å². The van der Waals surface area contributed by atoms with Crippen LogP contribution in [0.15, 0.2) is 24.3 Å². The number of carbonyl (C=O) groups excluding carboxylic acids is 1. The van der Waals surface area contributed by atoms with E-state index in [1.165, 1.54) is 5.69 Å². The molecule has 0 aromatic heterocycles. The molecule has 1 unspecified atom stereocenters. The van der Waals surface area contributed by atoms with Crippen molar-refractivity contribution in [2.24, 2.45) is 0 Å². The van der Waals surface area contributed by atoms with E-state index in [9.17, 15) is 4.79 Å².